The number of hydrogen-bond donors (Lipinski definition) is 0. The van der Waals surface area contributed by atoms with Crippen molar-refractivity contribution >= 4 is 5.78 Å². The first-order chi connectivity index (χ1) is 8.00. The number of benzene rings is 1. The highest BCUT2D eigenvalue weighted by Gasteiger charge is 2.41. The van der Waals surface area contributed by atoms with Crippen LogP contribution < -0.4 is 4.74 Å². The molecular formula is C9H3F7O2. The average molecular weight is 276 g/mol. The summed E-state index contributed by atoms with van der Waals surface area (Å²) in [5, 5.41) is 0. The van der Waals surface area contributed by atoms with Crippen LogP contribution in [0.25, 0.3) is 0 Å². The van der Waals surface area contributed by atoms with Crippen LogP contribution in [0.1, 0.15) is 10.4 Å². The molecule has 0 aromatic heterocycles. The topological polar surface area (TPSA) is 26.3 Å². The average Bonchev–Trinajstić information content (AvgIpc) is 2.16. The van der Waals surface area contributed by atoms with E-state index in [1.165, 1.54) is 0 Å². The van der Waals surface area contributed by atoms with Crippen molar-refractivity contribution in [3.8, 4) is 5.75 Å². The molecule has 0 unspecified atom stereocenters. The first-order valence-electron chi connectivity index (χ1n) is 4.17. The summed E-state index contributed by atoms with van der Waals surface area (Å²) in [6.07, 6.45) is -10.5. The minimum atomic E-state index is -5.39. The molecule has 0 spiro atoms. The van der Waals surface area contributed by atoms with Gasteiger partial charge in [-0.05, 0) is 18.2 Å². The van der Waals surface area contributed by atoms with E-state index in [2.05, 4.69) is 4.74 Å². The molecule has 0 fully saturated rings. The fraction of sp³-hybridized carbons (Fsp3) is 0.222. The maximum atomic E-state index is 12.9. The van der Waals surface area contributed by atoms with Crippen molar-refractivity contribution in [3.05, 3.63) is 29.6 Å². The van der Waals surface area contributed by atoms with E-state index in [4.69, 9.17) is 0 Å². The molecule has 1 rings (SSSR count). The normalized spacial score (nSPS) is 12.4. The molecule has 0 N–H and O–H groups in total. The van der Waals surface area contributed by atoms with Gasteiger partial charge >= 0.3 is 12.5 Å². The summed E-state index contributed by atoms with van der Waals surface area (Å²) in [5.41, 5.74) is -1.54. The maximum absolute atomic E-state index is 12.9. The number of halogens is 7. The van der Waals surface area contributed by atoms with Crippen molar-refractivity contribution in [2.24, 2.45) is 0 Å². The van der Waals surface area contributed by atoms with Crippen LogP contribution in [0.15, 0.2) is 18.2 Å². The van der Waals surface area contributed by atoms with Crippen LogP contribution in [0, 0.1) is 5.82 Å². The van der Waals surface area contributed by atoms with Gasteiger partial charge in [0.15, 0.2) is 0 Å². The summed E-state index contributed by atoms with van der Waals surface area (Å²) in [6.45, 7) is 0. The Bertz CT molecular complexity index is 461. The highest BCUT2D eigenvalue weighted by molar-refractivity contribution is 6.00. The highest BCUT2D eigenvalue weighted by Crippen LogP contribution is 2.28. The predicted octanol–water partition coefficient (Wildman–Crippen LogP) is 3.47. The molecule has 0 heterocycles. The number of Topliss-reactive ketones (excluding diaryl/α,β-unsaturated/α-hetero) is 1. The maximum Gasteiger partial charge on any atom is 0.573 e. The number of carbonyl (C=O) groups excluding carboxylic acids is 1. The highest BCUT2D eigenvalue weighted by atomic mass is 19.4. The Morgan fingerprint density at radius 3 is 2.06 bits per heavy atom. The van der Waals surface area contributed by atoms with Crippen molar-refractivity contribution in [1.82, 2.24) is 0 Å². The molecule has 0 aliphatic rings. The van der Waals surface area contributed by atoms with Crippen molar-refractivity contribution in [2.45, 2.75) is 12.5 Å². The monoisotopic (exact) mass is 276 g/mol. The van der Waals surface area contributed by atoms with E-state index in [0.717, 1.165) is 0 Å². The van der Waals surface area contributed by atoms with Gasteiger partial charge in [0.25, 0.3) is 5.78 Å². The molecule has 0 aliphatic carbocycles. The summed E-state index contributed by atoms with van der Waals surface area (Å²) < 4.78 is 87.6. The Morgan fingerprint density at radius 1 is 1.06 bits per heavy atom. The van der Waals surface area contributed by atoms with Crippen LogP contribution in [0.3, 0.4) is 0 Å². The number of carbonyl (C=O) groups is 1. The third-order valence-electron chi connectivity index (χ3n) is 1.67. The summed E-state index contributed by atoms with van der Waals surface area (Å²) in [4.78, 5) is 10.7. The Kier molecular flexibility index (Phi) is 3.54. The van der Waals surface area contributed by atoms with Crippen molar-refractivity contribution in [2.75, 3.05) is 0 Å². The molecule has 100 valence electrons. The Hall–Kier alpha value is -1.80. The number of ether oxygens (including phenoxy) is 1. The van der Waals surface area contributed by atoms with E-state index in [9.17, 15) is 35.5 Å². The lowest BCUT2D eigenvalue weighted by atomic mass is 10.1. The Labute approximate surface area is 95.0 Å². The fourth-order valence-electron chi connectivity index (χ4n) is 1.03. The van der Waals surface area contributed by atoms with Gasteiger partial charge in [-0.25, -0.2) is 4.39 Å². The second-order valence-corrected chi connectivity index (χ2v) is 3.02. The first-order valence-corrected chi connectivity index (χ1v) is 4.17. The van der Waals surface area contributed by atoms with E-state index < -0.39 is 35.5 Å². The summed E-state index contributed by atoms with van der Waals surface area (Å²) >= 11 is 0. The summed E-state index contributed by atoms with van der Waals surface area (Å²) in [6, 6.07) is 0.772. The van der Waals surface area contributed by atoms with Crippen LogP contribution >= 0.6 is 0 Å². The zero-order valence-electron chi connectivity index (χ0n) is 8.19. The van der Waals surface area contributed by atoms with Gasteiger partial charge in [-0.2, -0.15) is 13.2 Å². The molecule has 2 nitrogen and oxygen atoms in total. The van der Waals surface area contributed by atoms with Gasteiger partial charge < -0.3 is 4.74 Å². The number of rotatable bonds is 2. The second kappa shape index (κ2) is 4.46. The molecule has 18 heavy (non-hydrogen) atoms. The summed E-state index contributed by atoms with van der Waals surface area (Å²) in [7, 11) is 0. The van der Waals surface area contributed by atoms with E-state index in [1.807, 2.05) is 0 Å². The van der Waals surface area contributed by atoms with Crippen molar-refractivity contribution in [3.63, 3.8) is 0 Å². The van der Waals surface area contributed by atoms with Crippen LogP contribution in [-0.4, -0.2) is 18.3 Å². The van der Waals surface area contributed by atoms with Crippen LogP contribution in [-0.2, 0) is 0 Å². The number of ketones is 1. The molecule has 0 saturated heterocycles. The lowest BCUT2D eigenvalue weighted by Crippen LogP contribution is -2.24. The minimum Gasteiger partial charge on any atom is -0.406 e. The smallest absolute Gasteiger partial charge is 0.406 e. The summed E-state index contributed by atoms with van der Waals surface area (Å²) in [5.74, 6) is -5.30. The quantitative estimate of drug-likeness (QED) is 0.610. The van der Waals surface area contributed by atoms with E-state index in [-0.39, 0.29) is 12.1 Å². The van der Waals surface area contributed by atoms with Crippen molar-refractivity contribution < 1.29 is 40.3 Å². The van der Waals surface area contributed by atoms with E-state index in [1.54, 1.807) is 0 Å². The van der Waals surface area contributed by atoms with Gasteiger partial charge in [-0.1, -0.05) is 0 Å². The molecule has 1 aromatic carbocycles. The number of alkyl halides is 6. The van der Waals surface area contributed by atoms with Gasteiger partial charge in [0.1, 0.15) is 11.6 Å². The Balaban J connectivity index is 3.14. The third kappa shape index (κ3) is 3.60. The third-order valence-corrected chi connectivity index (χ3v) is 1.67. The standard InChI is InChI=1S/C9H3F7O2/c10-6-2-1-4(18-9(14,15)16)3-5(6)7(17)8(11,12)13/h1-3H. The molecule has 1 aromatic rings. The molecule has 0 atom stereocenters. The molecule has 0 radical (unpaired) electrons. The van der Waals surface area contributed by atoms with Gasteiger partial charge in [0.2, 0.25) is 0 Å². The zero-order valence-corrected chi connectivity index (χ0v) is 8.19. The molecule has 0 bridgehead atoms. The molecule has 0 saturated carbocycles. The van der Waals surface area contributed by atoms with Crippen molar-refractivity contribution in [1.29, 1.82) is 0 Å². The van der Waals surface area contributed by atoms with Gasteiger partial charge in [0, 0.05) is 0 Å². The first kappa shape index (κ1) is 14.3. The lowest BCUT2D eigenvalue weighted by Gasteiger charge is -2.11. The minimum absolute atomic E-state index is 0.0403. The van der Waals surface area contributed by atoms with Crippen LogP contribution in [0.5, 0.6) is 5.75 Å². The fourth-order valence-corrected chi connectivity index (χ4v) is 1.03. The Morgan fingerprint density at radius 2 is 1.61 bits per heavy atom. The molecule has 0 aliphatic heterocycles. The van der Waals surface area contributed by atoms with E-state index in [0.29, 0.717) is 6.07 Å². The van der Waals surface area contributed by atoms with Gasteiger partial charge in [-0.15, -0.1) is 13.2 Å². The SMILES string of the molecule is O=C(c1cc(OC(F)(F)F)ccc1F)C(F)(F)F. The van der Waals surface area contributed by atoms with Crippen LogP contribution in [0.4, 0.5) is 30.7 Å². The second-order valence-electron chi connectivity index (χ2n) is 3.02. The zero-order chi connectivity index (χ0) is 14.1. The largest absolute Gasteiger partial charge is 0.573 e. The molecule has 0 amide bonds. The molecule has 9 heteroatoms. The number of hydrogen-bond acceptors (Lipinski definition) is 2. The van der Waals surface area contributed by atoms with Gasteiger partial charge in [0.05, 0.1) is 5.56 Å². The van der Waals surface area contributed by atoms with Crippen LogP contribution in [0.2, 0.25) is 0 Å². The molecular weight excluding hydrogens is 273 g/mol. The predicted molar refractivity (Wildman–Crippen MR) is 43.5 cm³/mol. The van der Waals surface area contributed by atoms with Gasteiger partial charge in [-0.3, -0.25) is 4.79 Å². The lowest BCUT2D eigenvalue weighted by molar-refractivity contribution is -0.274. The van der Waals surface area contributed by atoms with E-state index >= 15 is 0 Å².